The zero-order valence-electron chi connectivity index (χ0n) is 11.6. The number of hydrogen-bond acceptors (Lipinski definition) is 5. The number of rotatable bonds is 4. The lowest BCUT2D eigenvalue weighted by Gasteiger charge is -2.25. The molecule has 1 N–H and O–H groups in total. The number of nitrogens with one attached hydrogen (secondary N) is 1. The minimum Gasteiger partial charge on any atom is -0.485 e. The van der Waals surface area contributed by atoms with Gasteiger partial charge in [0.05, 0.1) is 0 Å². The largest absolute Gasteiger partial charge is 0.485 e. The fraction of sp³-hybridized carbons (Fsp3) is 0.467. The number of ether oxygens (including phenoxy) is 1. The van der Waals surface area contributed by atoms with Crippen LogP contribution in [0.25, 0.3) is 0 Å². The van der Waals surface area contributed by atoms with Gasteiger partial charge in [-0.2, -0.15) is 4.98 Å². The maximum atomic E-state index is 5.62. The number of piperidine rings is 1. The highest BCUT2D eigenvalue weighted by Crippen LogP contribution is 2.26. The molecule has 2 aromatic rings. The molecule has 2 unspecified atom stereocenters. The van der Waals surface area contributed by atoms with E-state index in [9.17, 15) is 0 Å². The summed E-state index contributed by atoms with van der Waals surface area (Å²) in [6.07, 6.45) is 2.09. The van der Waals surface area contributed by atoms with Crippen LogP contribution in [0.4, 0.5) is 0 Å². The van der Waals surface area contributed by atoms with Gasteiger partial charge >= 0.3 is 0 Å². The Morgan fingerprint density at radius 1 is 1.35 bits per heavy atom. The minimum absolute atomic E-state index is 0.341. The van der Waals surface area contributed by atoms with E-state index >= 15 is 0 Å². The van der Waals surface area contributed by atoms with Gasteiger partial charge in [-0.25, -0.2) is 0 Å². The second-order valence-electron chi connectivity index (χ2n) is 5.23. The fourth-order valence-electron chi connectivity index (χ4n) is 2.51. The Morgan fingerprint density at radius 2 is 2.20 bits per heavy atom. The zero-order chi connectivity index (χ0) is 13.8. The van der Waals surface area contributed by atoms with E-state index in [2.05, 4.69) is 22.4 Å². The van der Waals surface area contributed by atoms with Crippen molar-refractivity contribution in [1.82, 2.24) is 15.5 Å². The molecule has 0 saturated carbocycles. The Morgan fingerprint density at radius 3 is 3.00 bits per heavy atom. The summed E-state index contributed by atoms with van der Waals surface area (Å²) in [5.74, 6) is 2.53. The second-order valence-corrected chi connectivity index (χ2v) is 5.23. The van der Waals surface area contributed by atoms with Crippen LogP contribution in [0.5, 0.6) is 5.75 Å². The highest BCUT2D eigenvalue weighted by molar-refractivity contribution is 5.20. The predicted molar refractivity (Wildman–Crippen MR) is 74.5 cm³/mol. The van der Waals surface area contributed by atoms with Crippen LogP contribution >= 0.6 is 0 Å². The van der Waals surface area contributed by atoms with Gasteiger partial charge in [0.2, 0.25) is 11.7 Å². The first-order valence-corrected chi connectivity index (χ1v) is 7.05. The first-order chi connectivity index (χ1) is 9.81. The van der Waals surface area contributed by atoms with Crippen LogP contribution in [0, 0.1) is 0 Å². The summed E-state index contributed by atoms with van der Waals surface area (Å²) in [5.41, 5.74) is 0. The quantitative estimate of drug-likeness (QED) is 0.927. The molecular weight excluding hydrogens is 254 g/mol. The Hall–Kier alpha value is -1.88. The van der Waals surface area contributed by atoms with E-state index in [0.29, 0.717) is 24.4 Å². The third-order valence-corrected chi connectivity index (χ3v) is 3.57. The highest BCUT2D eigenvalue weighted by atomic mass is 16.5. The van der Waals surface area contributed by atoms with Crippen LogP contribution < -0.4 is 10.1 Å². The molecule has 3 rings (SSSR count). The first-order valence-electron chi connectivity index (χ1n) is 7.05. The van der Waals surface area contributed by atoms with Crippen LogP contribution in [0.2, 0.25) is 0 Å². The number of nitrogens with zero attached hydrogens (tertiary/aromatic N) is 2. The summed E-state index contributed by atoms with van der Waals surface area (Å²) in [4.78, 5) is 4.45. The molecule has 5 nitrogen and oxygen atoms in total. The monoisotopic (exact) mass is 273 g/mol. The molecule has 0 spiro atoms. The Balaban J connectivity index is 1.59. The van der Waals surface area contributed by atoms with E-state index in [1.165, 1.54) is 0 Å². The van der Waals surface area contributed by atoms with Crippen LogP contribution in [0.15, 0.2) is 34.9 Å². The molecular formula is C15H19N3O2. The van der Waals surface area contributed by atoms with Crippen molar-refractivity contribution in [3.63, 3.8) is 0 Å². The van der Waals surface area contributed by atoms with Crippen molar-refractivity contribution in [1.29, 1.82) is 0 Å². The molecule has 106 valence electrons. The van der Waals surface area contributed by atoms with Crippen molar-refractivity contribution in [3.05, 3.63) is 42.0 Å². The number of aromatic nitrogens is 2. The third kappa shape index (κ3) is 3.17. The lowest BCUT2D eigenvalue weighted by molar-refractivity contribution is 0.276. The smallest absolute Gasteiger partial charge is 0.229 e. The van der Waals surface area contributed by atoms with Gasteiger partial charge in [-0.15, -0.1) is 0 Å². The fourth-order valence-corrected chi connectivity index (χ4v) is 2.51. The topological polar surface area (TPSA) is 60.2 Å². The first kappa shape index (κ1) is 13.1. The molecule has 2 heterocycles. The van der Waals surface area contributed by atoms with Gasteiger partial charge in [-0.3, -0.25) is 0 Å². The Labute approximate surface area is 118 Å². The van der Waals surface area contributed by atoms with Gasteiger partial charge in [-0.05, 0) is 38.4 Å². The summed E-state index contributed by atoms with van der Waals surface area (Å²) in [7, 11) is 0. The molecule has 0 radical (unpaired) electrons. The van der Waals surface area contributed by atoms with Crippen molar-refractivity contribution in [2.24, 2.45) is 0 Å². The van der Waals surface area contributed by atoms with E-state index in [1.54, 1.807) is 0 Å². The van der Waals surface area contributed by atoms with Gasteiger partial charge in [0.1, 0.15) is 5.75 Å². The van der Waals surface area contributed by atoms with E-state index in [0.717, 1.165) is 31.0 Å². The summed E-state index contributed by atoms with van der Waals surface area (Å²) < 4.78 is 11.0. The minimum atomic E-state index is 0.341. The molecule has 1 aliphatic rings. The normalized spacial score (nSPS) is 22.6. The van der Waals surface area contributed by atoms with Crippen molar-refractivity contribution in [2.45, 2.75) is 38.3 Å². The lowest BCUT2D eigenvalue weighted by Crippen LogP contribution is -2.34. The van der Waals surface area contributed by atoms with Crippen LogP contribution in [0.1, 0.15) is 37.4 Å². The standard InChI is InChI=1S/C15H19N3O2/c1-11-9-12(7-8-16-11)15-17-14(18-20-15)10-19-13-5-3-2-4-6-13/h2-6,11-12,16H,7-10H2,1H3. The van der Waals surface area contributed by atoms with Gasteiger partial charge in [0, 0.05) is 12.0 Å². The molecule has 5 heteroatoms. The number of benzene rings is 1. The molecule has 20 heavy (non-hydrogen) atoms. The van der Waals surface area contributed by atoms with Crippen LogP contribution in [-0.2, 0) is 6.61 Å². The summed E-state index contributed by atoms with van der Waals surface area (Å²) >= 11 is 0. The van der Waals surface area contributed by atoms with Crippen LogP contribution in [-0.4, -0.2) is 22.7 Å². The van der Waals surface area contributed by atoms with Crippen molar-refractivity contribution in [3.8, 4) is 5.75 Å². The Kier molecular flexibility index (Phi) is 3.97. The summed E-state index contributed by atoms with van der Waals surface area (Å²) in [6, 6.07) is 10.2. The molecule has 0 bridgehead atoms. The molecule has 1 aromatic carbocycles. The number of para-hydroxylation sites is 1. The van der Waals surface area contributed by atoms with Crippen molar-refractivity contribution < 1.29 is 9.26 Å². The van der Waals surface area contributed by atoms with Gasteiger partial charge < -0.3 is 14.6 Å². The van der Waals surface area contributed by atoms with Crippen LogP contribution in [0.3, 0.4) is 0 Å². The molecule has 1 aromatic heterocycles. The third-order valence-electron chi connectivity index (χ3n) is 3.57. The van der Waals surface area contributed by atoms with E-state index < -0.39 is 0 Å². The maximum absolute atomic E-state index is 5.62. The van der Waals surface area contributed by atoms with Crippen molar-refractivity contribution in [2.75, 3.05) is 6.54 Å². The molecule has 0 aliphatic carbocycles. The van der Waals surface area contributed by atoms with Crippen molar-refractivity contribution >= 4 is 0 Å². The summed E-state index contributed by atoms with van der Waals surface area (Å²) in [5, 5.41) is 7.42. The second kappa shape index (κ2) is 6.05. The Bertz CT molecular complexity index is 541. The summed E-state index contributed by atoms with van der Waals surface area (Å²) in [6.45, 7) is 3.53. The molecule has 1 fully saturated rings. The van der Waals surface area contributed by atoms with E-state index in [1.807, 2.05) is 30.3 Å². The van der Waals surface area contributed by atoms with E-state index in [-0.39, 0.29) is 0 Å². The molecule has 1 aliphatic heterocycles. The molecule has 1 saturated heterocycles. The maximum Gasteiger partial charge on any atom is 0.229 e. The lowest BCUT2D eigenvalue weighted by atomic mass is 9.93. The predicted octanol–water partition coefficient (Wildman–Crippen LogP) is 2.50. The van der Waals surface area contributed by atoms with E-state index in [4.69, 9.17) is 9.26 Å². The average Bonchev–Trinajstić information content (AvgIpc) is 2.95. The zero-order valence-corrected chi connectivity index (χ0v) is 11.6. The average molecular weight is 273 g/mol. The molecule has 0 amide bonds. The molecule has 2 atom stereocenters. The van der Waals surface area contributed by atoms with Gasteiger partial charge in [0.15, 0.2) is 6.61 Å². The SMILES string of the molecule is CC1CC(c2nc(COc3ccccc3)no2)CCN1. The number of hydrogen-bond donors (Lipinski definition) is 1. The van der Waals surface area contributed by atoms with Gasteiger partial charge in [-0.1, -0.05) is 23.4 Å². The highest BCUT2D eigenvalue weighted by Gasteiger charge is 2.24. The van der Waals surface area contributed by atoms with Gasteiger partial charge in [0.25, 0.3) is 0 Å².